The van der Waals surface area contributed by atoms with Crippen molar-refractivity contribution in [1.29, 1.82) is 0 Å². The van der Waals surface area contributed by atoms with Gasteiger partial charge < -0.3 is 4.42 Å². The van der Waals surface area contributed by atoms with E-state index < -0.39 is 0 Å². The highest BCUT2D eigenvalue weighted by Crippen LogP contribution is 2.43. The molecule has 0 unspecified atom stereocenters. The number of aromatic nitrogens is 3. The van der Waals surface area contributed by atoms with Gasteiger partial charge in [0.05, 0.1) is 0 Å². The zero-order valence-electron chi connectivity index (χ0n) is 33.0. The van der Waals surface area contributed by atoms with E-state index in [-0.39, 0.29) is 0 Å². The van der Waals surface area contributed by atoms with Crippen molar-refractivity contribution >= 4 is 53.4 Å². The lowest BCUT2D eigenvalue weighted by atomic mass is 9.91. The van der Waals surface area contributed by atoms with Gasteiger partial charge in [0.25, 0.3) is 0 Å². The van der Waals surface area contributed by atoms with E-state index in [0.29, 0.717) is 17.5 Å². The summed E-state index contributed by atoms with van der Waals surface area (Å²) in [6, 6.07) is 63.4. The number of hydrogen-bond acceptors (Lipinski definition) is 5. The fraction of sp³-hybridized carbons (Fsp3) is 0.0556. The Hall–Kier alpha value is -7.21. The van der Waals surface area contributed by atoms with Crippen LogP contribution in [0.15, 0.2) is 186 Å². The molecule has 0 saturated heterocycles. The Bertz CT molecular complexity index is 3240. The van der Waals surface area contributed by atoms with Gasteiger partial charge in [-0.15, -0.1) is 11.3 Å². The molecule has 0 bridgehead atoms. The summed E-state index contributed by atoms with van der Waals surface area (Å²) in [7, 11) is 0. The molecule has 0 amide bonds. The summed E-state index contributed by atoms with van der Waals surface area (Å²) in [5, 5.41) is 4.64. The second-order valence-electron chi connectivity index (χ2n) is 15.0. The molecule has 0 saturated carbocycles. The summed E-state index contributed by atoms with van der Waals surface area (Å²) in [6.45, 7) is 6.45. The fourth-order valence-corrected chi connectivity index (χ4v) is 9.02. The molecule has 8 aromatic carbocycles. The quantitative estimate of drug-likeness (QED) is 0.175. The first-order chi connectivity index (χ1) is 29.0. The third kappa shape index (κ3) is 6.96. The highest BCUT2D eigenvalue weighted by atomic mass is 32.1. The van der Waals surface area contributed by atoms with E-state index in [9.17, 15) is 0 Å². The van der Waals surface area contributed by atoms with Crippen LogP contribution in [-0.4, -0.2) is 15.0 Å². The van der Waals surface area contributed by atoms with Gasteiger partial charge in [0.15, 0.2) is 17.5 Å². The number of para-hydroxylation sites is 1. The molecule has 11 aromatic rings. The number of furan rings is 1. The summed E-state index contributed by atoms with van der Waals surface area (Å²) in [5.41, 5.74) is 13.3. The number of benzene rings is 8. The maximum Gasteiger partial charge on any atom is 0.164 e. The number of aryl methyl sites for hydroxylation is 3. The average molecular weight is 778 g/mol. The van der Waals surface area contributed by atoms with E-state index >= 15 is 0 Å². The first kappa shape index (κ1) is 36.2. The SMILES string of the molecule is Cc1ccc(-c2ccc3sc4cccc(-c5nc(-c6ccccc6)nc(-c6ccccc6)n5)c4c3c2)cc1-c1cc2c(cc1C)oc1ccccc12.Cc1ccccc1. The van der Waals surface area contributed by atoms with Crippen LogP contribution in [0.25, 0.3) is 98.5 Å². The predicted octanol–water partition coefficient (Wildman–Crippen LogP) is 15.1. The molecule has 0 aliphatic rings. The van der Waals surface area contributed by atoms with E-state index in [2.05, 4.69) is 112 Å². The minimum absolute atomic E-state index is 0.658. The molecule has 0 fully saturated rings. The lowest BCUT2D eigenvalue weighted by Gasteiger charge is -2.13. The number of thiophene rings is 1. The van der Waals surface area contributed by atoms with Gasteiger partial charge in [0, 0.05) is 47.6 Å². The highest BCUT2D eigenvalue weighted by molar-refractivity contribution is 7.26. The second-order valence-corrected chi connectivity index (χ2v) is 16.1. The predicted molar refractivity (Wildman–Crippen MR) is 248 cm³/mol. The van der Waals surface area contributed by atoms with Crippen molar-refractivity contribution in [2.75, 3.05) is 0 Å². The normalized spacial score (nSPS) is 11.3. The van der Waals surface area contributed by atoms with Crippen molar-refractivity contribution in [3.8, 4) is 56.4 Å². The van der Waals surface area contributed by atoms with Crippen molar-refractivity contribution in [3.05, 3.63) is 199 Å². The molecule has 4 nitrogen and oxygen atoms in total. The first-order valence-corrected chi connectivity index (χ1v) is 20.7. The van der Waals surface area contributed by atoms with E-state index in [1.165, 1.54) is 53.7 Å². The molecule has 0 radical (unpaired) electrons. The molecule has 0 N–H and O–H groups in total. The molecular weight excluding hydrogens is 739 g/mol. The Balaban J connectivity index is 0.000000547. The monoisotopic (exact) mass is 777 g/mol. The van der Waals surface area contributed by atoms with Gasteiger partial charge in [-0.2, -0.15) is 0 Å². The third-order valence-electron chi connectivity index (χ3n) is 11.0. The van der Waals surface area contributed by atoms with Gasteiger partial charge in [-0.1, -0.05) is 145 Å². The smallest absolute Gasteiger partial charge is 0.164 e. The summed E-state index contributed by atoms with van der Waals surface area (Å²) >= 11 is 1.80. The van der Waals surface area contributed by atoms with E-state index in [4.69, 9.17) is 19.4 Å². The maximum atomic E-state index is 6.20. The number of fused-ring (bicyclic) bond motifs is 6. The van der Waals surface area contributed by atoms with Crippen LogP contribution in [0.1, 0.15) is 16.7 Å². The van der Waals surface area contributed by atoms with Crippen LogP contribution in [0.3, 0.4) is 0 Å². The van der Waals surface area contributed by atoms with E-state index in [0.717, 1.165) is 44.0 Å². The maximum absolute atomic E-state index is 6.20. The molecule has 282 valence electrons. The Morgan fingerprint density at radius 3 is 1.68 bits per heavy atom. The third-order valence-corrected chi connectivity index (χ3v) is 12.1. The fourth-order valence-electron chi connectivity index (χ4n) is 7.91. The summed E-state index contributed by atoms with van der Waals surface area (Å²) < 4.78 is 8.64. The van der Waals surface area contributed by atoms with Gasteiger partial charge in [-0.25, -0.2) is 15.0 Å². The Morgan fingerprint density at radius 2 is 0.983 bits per heavy atom. The molecule has 3 aromatic heterocycles. The minimum Gasteiger partial charge on any atom is -0.456 e. The van der Waals surface area contributed by atoms with E-state index in [1.54, 1.807) is 11.3 Å². The average Bonchev–Trinajstić information content (AvgIpc) is 3.84. The largest absolute Gasteiger partial charge is 0.456 e. The molecule has 5 heteroatoms. The summed E-state index contributed by atoms with van der Waals surface area (Å²) in [4.78, 5) is 15.1. The lowest BCUT2D eigenvalue weighted by molar-refractivity contribution is 0.668. The molecule has 11 rings (SSSR count). The molecule has 0 spiro atoms. The molecule has 59 heavy (non-hydrogen) atoms. The van der Waals surface area contributed by atoms with Crippen LogP contribution < -0.4 is 0 Å². The van der Waals surface area contributed by atoms with Crippen molar-refractivity contribution < 1.29 is 4.42 Å². The zero-order valence-corrected chi connectivity index (χ0v) is 33.8. The summed E-state index contributed by atoms with van der Waals surface area (Å²) in [5.74, 6) is 1.98. The van der Waals surface area contributed by atoms with Crippen LogP contribution in [-0.2, 0) is 0 Å². The first-order valence-electron chi connectivity index (χ1n) is 19.8. The van der Waals surface area contributed by atoms with E-state index in [1.807, 2.05) is 91.0 Å². The Labute approximate surface area is 347 Å². The lowest BCUT2D eigenvalue weighted by Crippen LogP contribution is -2.00. The molecule has 0 atom stereocenters. The Morgan fingerprint density at radius 1 is 0.373 bits per heavy atom. The van der Waals surface area contributed by atoms with Gasteiger partial charge >= 0.3 is 0 Å². The minimum atomic E-state index is 0.658. The van der Waals surface area contributed by atoms with Gasteiger partial charge in [-0.05, 0) is 96.6 Å². The summed E-state index contributed by atoms with van der Waals surface area (Å²) in [6.07, 6.45) is 0. The Kier molecular flexibility index (Phi) is 9.36. The van der Waals surface area contributed by atoms with Crippen LogP contribution >= 0.6 is 11.3 Å². The topological polar surface area (TPSA) is 51.8 Å². The standard InChI is InChI=1S/C47H31N3OS.C7H8/c1-28-20-21-32(25-36(28)37-27-38-34-16-9-10-18-40(34)51-41(38)24-29(37)2)33-22-23-42-39(26-33)44-35(17-11-19-43(44)52-42)47-49-45(30-12-5-3-6-13-30)48-46(50-47)31-14-7-4-8-15-31;1-7-5-3-2-4-6-7/h3-27H,1-2H3;2-6H,1H3. The second kappa shape index (κ2) is 15.3. The molecular formula is C54H39N3OS. The highest BCUT2D eigenvalue weighted by Gasteiger charge is 2.18. The van der Waals surface area contributed by atoms with Crippen LogP contribution in [0, 0.1) is 20.8 Å². The van der Waals surface area contributed by atoms with Gasteiger partial charge in [0.2, 0.25) is 0 Å². The zero-order chi connectivity index (χ0) is 39.9. The van der Waals surface area contributed by atoms with Gasteiger partial charge in [-0.3, -0.25) is 0 Å². The van der Waals surface area contributed by atoms with Crippen LogP contribution in [0.5, 0.6) is 0 Å². The van der Waals surface area contributed by atoms with Crippen molar-refractivity contribution in [2.24, 2.45) is 0 Å². The molecule has 3 heterocycles. The van der Waals surface area contributed by atoms with Gasteiger partial charge in [0.1, 0.15) is 11.2 Å². The van der Waals surface area contributed by atoms with Crippen molar-refractivity contribution in [1.82, 2.24) is 15.0 Å². The van der Waals surface area contributed by atoms with Crippen LogP contribution in [0.2, 0.25) is 0 Å². The number of hydrogen-bond donors (Lipinski definition) is 0. The molecule has 0 aliphatic heterocycles. The number of nitrogens with zero attached hydrogens (tertiary/aromatic N) is 3. The van der Waals surface area contributed by atoms with Crippen molar-refractivity contribution in [3.63, 3.8) is 0 Å². The number of rotatable bonds is 5. The molecule has 0 aliphatic carbocycles. The van der Waals surface area contributed by atoms with Crippen molar-refractivity contribution in [2.45, 2.75) is 20.8 Å². The van der Waals surface area contributed by atoms with Crippen LogP contribution in [0.4, 0.5) is 0 Å².